The van der Waals surface area contributed by atoms with Crippen LogP contribution in [0.4, 0.5) is 5.69 Å². The van der Waals surface area contributed by atoms with E-state index in [9.17, 15) is 14.4 Å². The minimum atomic E-state index is -0.446. The first kappa shape index (κ1) is 20.3. The zero-order valence-corrected chi connectivity index (χ0v) is 17.1. The fourth-order valence-electron chi connectivity index (χ4n) is 3.50. The molecule has 2 aromatic carbocycles. The Labute approximate surface area is 179 Å². The van der Waals surface area contributed by atoms with Crippen molar-refractivity contribution in [2.75, 3.05) is 18.6 Å². The standard InChI is InChI=1S/C23H22N4O4/c1-31-18-8-6-16(7-9-18)14-24-21(28)15-27-22(29)11-10-19(25-27)23(30)26-13-12-17-4-2-3-5-20(17)26/h2-11H,12-15H2,1H3,(H,24,28). The molecule has 2 heterocycles. The number of para-hydroxylation sites is 1. The van der Waals surface area contributed by atoms with Gasteiger partial charge in [-0.05, 0) is 41.8 Å². The van der Waals surface area contributed by atoms with Gasteiger partial charge in [-0.15, -0.1) is 0 Å². The number of nitrogens with one attached hydrogen (secondary N) is 1. The summed E-state index contributed by atoms with van der Waals surface area (Å²) in [6.45, 7) is 0.592. The van der Waals surface area contributed by atoms with Crippen LogP contribution in [-0.4, -0.2) is 35.2 Å². The minimum Gasteiger partial charge on any atom is -0.497 e. The number of benzene rings is 2. The first-order valence-corrected chi connectivity index (χ1v) is 9.93. The Bertz CT molecular complexity index is 1170. The summed E-state index contributed by atoms with van der Waals surface area (Å²) < 4.78 is 6.12. The van der Waals surface area contributed by atoms with E-state index in [-0.39, 0.29) is 24.1 Å². The van der Waals surface area contributed by atoms with E-state index in [1.807, 2.05) is 36.4 Å². The van der Waals surface area contributed by atoms with Crippen LogP contribution in [0.2, 0.25) is 0 Å². The Hall–Kier alpha value is -3.94. The molecule has 4 rings (SSSR count). The minimum absolute atomic E-state index is 0.124. The molecule has 0 radical (unpaired) electrons. The van der Waals surface area contributed by atoms with Crippen LogP contribution in [0.5, 0.6) is 5.75 Å². The van der Waals surface area contributed by atoms with Crippen molar-refractivity contribution in [2.45, 2.75) is 19.5 Å². The van der Waals surface area contributed by atoms with Gasteiger partial charge in [-0.25, -0.2) is 4.68 Å². The Kier molecular flexibility index (Phi) is 5.79. The molecule has 1 aliphatic heterocycles. The highest BCUT2D eigenvalue weighted by Crippen LogP contribution is 2.28. The predicted molar refractivity (Wildman–Crippen MR) is 115 cm³/mol. The average Bonchev–Trinajstić information content (AvgIpc) is 3.23. The van der Waals surface area contributed by atoms with E-state index in [2.05, 4.69) is 10.4 Å². The van der Waals surface area contributed by atoms with E-state index < -0.39 is 5.56 Å². The van der Waals surface area contributed by atoms with Crippen molar-refractivity contribution >= 4 is 17.5 Å². The summed E-state index contributed by atoms with van der Waals surface area (Å²) in [5.74, 6) is 0.0619. The van der Waals surface area contributed by atoms with Gasteiger partial charge in [0.15, 0.2) is 0 Å². The number of carbonyl (C=O) groups excluding carboxylic acids is 2. The average molecular weight is 418 g/mol. The van der Waals surface area contributed by atoms with Crippen molar-refractivity contribution in [3.05, 3.63) is 87.8 Å². The maximum atomic E-state index is 13.0. The number of anilines is 1. The summed E-state index contributed by atoms with van der Waals surface area (Å²) in [6, 6.07) is 17.7. The molecule has 8 nitrogen and oxygen atoms in total. The van der Waals surface area contributed by atoms with Crippen molar-refractivity contribution in [1.29, 1.82) is 0 Å². The van der Waals surface area contributed by atoms with Gasteiger partial charge in [-0.2, -0.15) is 5.10 Å². The van der Waals surface area contributed by atoms with Crippen molar-refractivity contribution in [3.8, 4) is 5.75 Å². The summed E-state index contributed by atoms with van der Waals surface area (Å²) in [5, 5.41) is 6.90. The summed E-state index contributed by atoms with van der Waals surface area (Å²) in [7, 11) is 1.59. The molecule has 158 valence electrons. The lowest BCUT2D eigenvalue weighted by Gasteiger charge is -2.17. The van der Waals surface area contributed by atoms with Gasteiger partial charge in [0.2, 0.25) is 5.91 Å². The SMILES string of the molecule is COc1ccc(CNC(=O)Cn2nc(C(=O)N3CCc4ccccc43)ccc2=O)cc1. The van der Waals surface area contributed by atoms with Crippen LogP contribution in [0.25, 0.3) is 0 Å². The zero-order chi connectivity index (χ0) is 21.8. The third kappa shape index (κ3) is 4.48. The van der Waals surface area contributed by atoms with Gasteiger partial charge in [-0.3, -0.25) is 14.4 Å². The third-order valence-electron chi connectivity index (χ3n) is 5.16. The quantitative estimate of drug-likeness (QED) is 0.659. The summed E-state index contributed by atoms with van der Waals surface area (Å²) >= 11 is 0. The zero-order valence-electron chi connectivity index (χ0n) is 17.1. The van der Waals surface area contributed by atoms with Crippen LogP contribution in [-0.2, 0) is 24.3 Å². The van der Waals surface area contributed by atoms with Gasteiger partial charge in [-0.1, -0.05) is 30.3 Å². The number of hydrogen-bond acceptors (Lipinski definition) is 5. The smallest absolute Gasteiger partial charge is 0.278 e. The Balaban J connectivity index is 1.43. The van der Waals surface area contributed by atoms with Gasteiger partial charge in [0.1, 0.15) is 18.0 Å². The summed E-state index contributed by atoms with van der Waals surface area (Å²) in [6.07, 6.45) is 0.773. The van der Waals surface area contributed by atoms with Crippen molar-refractivity contribution < 1.29 is 14.3 Å². The van der Waals surface area contributed by atoms with Gasteiger partial charge >= 0.3 is 0 Å². The monoisotopic (exact) mass is 418 g/mol. The molecule has 2 amide bonds. The first-order valence-electron chi connectivity index (χ1n) is 9.93. The highest BCUT2D eigenvalue weighted by molar-refractivity contribution is 6.05. The van der Waals surface area contributed by atoms with Crippen LogP contribution in [0, 0.1) is 0 Å². The molecule has 0 saturated heterocycles. The molecule has 0 bridgehead atoms. The number of nitrogens with zero attached hydrogens (tertiary/aromatic N) is 3. The van der Waals surface area contributed by atoms with Crippen LogP contribution in [0.1, 0.15) is 21.6 Å². The van der Waals surface area contributed by atoms with Gasteiger partial charge in [0, 0.05) is 24.8 Å². The number of fused-ring (bicyclic) bond motifs is 1. The molecule has 0 spiro atoms. The van der Waals surface area contributed by atoms with E-state index in [0.29, 0.717) is 13.1 Å². The maximum absolute atomic E-state index is 13.0. The molecular weight excluding hydrogens is 396 g/mol. The number of rotatable bonds is 6. The number of aromatic nitrogens is 2. The highest BCUT2D eigenvalue weighted by Gasteiger charge is 2.26. The second-order valence-electron chi connectivity index (χ2n) is 7.17. The molecule has 1 aromatic heterocycles. The highest BCUT2D eigenvalue weighted by atomic mass is 16.5. The second-order valence-corrected chi connectivity index (χ2v) is 7.17. The fourth-order valence-corrected chi connectivity index (χ4v) is 3.50. The molecule has 0 atom stereocenters. The van der Waals surface area contributed by atoms with E-state index in [0.717, 1.165) is 33.7 Å². The molecule has 0 aliphatic carbocycles. The molecule has 3 aromatic rings. The molecule has 0 unspecified atom stereocenters. The number of methoxy groups -OCH3 is 1. The second kappa shape index (κ2) is 8.83. The number of carbonyl (C=O) groups is 2. The van der Waals surface area contributed by atoms with E-state index in [1.165, 1.54) is 12.1 Å². The fraction of sp³-hybridized carbons (Fsp3) is 0.217. The molecule has 1 N–H and O–H groups in total. The molecule has 0 fully saturated rings. The molecular formula is C23H22N4O4. The van der Waals surface area contributed by atoms with Crippen LogP contribution < -0.4 is 20.5 Å². The number of amides is 2. The summed E-state index contributed by atoms with van der Waals surface area (Å²) in [5.41, 5.74) is 2.52. The van der Waals surface area contributed by atoms with Gasteiger partial charge < -0.3 is 15.0 Å². The van der Waals surface area contributed by atoms with Gasteiger partial charge in [0.05, 0.1) is 7.11 Å². The van der Waals surface area contributed by atoms with Crippen molar-refractivity contribution in [1.82, 2.24) is 15.1 Å². The Morgan fingerprint density at radius 1 is 1.06 bits per heavy atom. The first-order chi connectivity index (χ1) is 15.0. The van der Waals surface area contributed by atoms with Crippen LogP contribution >= 0.6 is 0 Å². The largest absolute Gasteiger partial charge is 0.497 e. The van der Waals surface area contributed by atoms with Crippen molar-refractivity contribution in [2.24, 2.45) is 0 Å². The topological polar surface area (TPSA) is 93.5 Å². The lowest BCUT2D eigenvalue weighted by Crippen LogP contribution is -2.36. The normalized spacial score (nSPS) is 12.4. The lowest BCUT2D eigenvalue weighted by molar-refractivity contribution is -0.122. The molecule has 0 saturated carbocycles. The molecule has 8 heteroatoms. The lowest BCUT2D eigenvalue weighted by atomic mass is 10.2. The van der Waals surface area contributed by atoms with E-state index in [1.54, 1.807) is 24.1 Å². The van der Waals surface area contributed by atoms with Crippen LogP contribution in [0.3, 0.4) is 0 Å². The third-order valence-corrected chi connectivity index (χ3v) is 5.16. The van der Waals surface area contributed by atoms with Gasteiger partial charge in [0.25, 0.3) is 11.5 Å². The van der Waals surface area contributed by atoms with E-state index in [4.69, 9.17) is 4.74 Å². The predicted octanol–water partition coefficient (Wildman–Crippen LogP) is 1.77. The van der Waals surface area contributed by atoms with Crippen LogP contribution in [0.15, 0.2) is 65.5 Å². The molecule has 1 aliphatic rings. The summed E-state index contributed by atoms with van der Waals surface area (Å²) in [4.78, 5) is 39.1. The number of ether oxygens (including phenoxy) is 1. The number of hydrogen-bond donors (Lipinski definition) is 1. The molecule has 31 heavy (non-hydrogen) atoms. The van der Waals surface area contributed by atoms with Crippen molar-refractivity contribution in [3.63, 3.8) is 0 Å². The van der Waals surface area contributed by atoms with E-state index >= 15 is 0 Å². The Morgan fingerprint density at radius 3 is 2.61 bits per heavy atom. The maximum Gasteiger partial charge on any atom is 0.278 e. The Morgan fingerprint density at radius 2 is 1.84 bits per heavy atom.